The number of amides is 1. The smallest absolute Gasteiger partial charge is 0.251 e. The van der Waals surface area contributed by atoms with Crippen LogP contribution in [0, 0.1) is 0 Å². The van der Waals surface area contributed by atoms with E-state index in [-0.39, 0.29) is 5.91 Å². The average Bonchev–Trinajstić information content (AvgIpc) is 3.16. The van der Waals surface area contributed by atoms with Crippen LogP contribution in [0.15, 0.2) is 73.1 Å². The summed E-state index contributed by atoms with van der Waals surface area (Å²) in [7, 11) is 0. The van der Waals surface area contributed by atoms with Crippen molar-refractivity contribution < 1.29 is 4.79 Å². The predicted molar refractivity (Wildman–Crippen MR) is 119 cm³/mol. The number of carbonyl (C=O) groups is 1. The van der Waals surface area contributed by atoms with Crippen molar-refractivity contribution in [3.63, 3.8) is 0 Å². The lowest BCUT2D eigenvalue weighted by Crippen LogP contribution is -2.22. The number of nitrogen functional groups attached to an aromatic ring is 1. The molecule has 2 heterocycles. The lowest BCUT2D eigenvalue weighted by atomic mass is 10.1. The molecule has 0 radical (unpaired) electrons. The van der Waals surface area contributed by atoms with Crippen LogP contribution in [0.25, 0.3) is 16.9 Å². The molecule has 150 valence electrons. The van der Waals surface area contributed by atoms with Gasteiger partial charge < -0.3 is 11.1 Å². The minimum atomic E-state index is -0.171. The van der Waals surface area contributed by atoms with Gasteiger partial charge in [-0.1, -0.05) is 35.3 Å². The summed E-state index contributed by atoms with van der Waals surface area (Å²) in [5.41, 5.74) is 9.83. The molecule has 6 nitrogen and oxygen atoms in total. The topological polar surface area (TPSA) is 85.8 Å². The standard InChI is InChI=1S/C22H17Cl2N5O/c23-18-8-5-16(10-19(18)24)20-11-21(25)29(28-20)17-6-3-15(4-7-17)22(30)27-13-14-2-1-9-26-12-14/h1-12H,13,25H2,(H,27,30). The van der Waals surface area contributed by atoms with E-state index in [0.29, 0.717) is 33.7 Å². The molecule has 4 rings (SSSR count). The molecule has 0 bridgehead atoms. The summed E-state index contributed by atoms with van der Waals surface area (Å²) in [4.78, 5) is 16.4. The summed E-state index contributed by atoms with van der Waals surface area (Å²) < 4.78 is 1.61. The molecule has 0 aliphatic heterocycles. The number of halogens is 2. The van der Waals surface area contributed by atoms with Crippen molar-refractivity contribution in [1.82, 2.24) is 20.1 Å². The van der Waals surface area contributed by atoms with E-state index in [1.807, 2.05) is 18.2 Å². The summed E-state index contributed by atoms with van der Waals surface area (Å²) in [5.74, 6) is 0.292. The van der Waals surface area contributed by atoms with Crippen LogP contribution in [-0.2, 0) is 6.54 Å². The van der Waals surface area contributed by atoms with E-state index in [1.165, 1.54) is 0 Å². The molecule has 0 aliphatic rings. The number of carbonyl (C=O) groups excluding carboxylic acids is 1. The first-order valence-corrected chi connectivity index (χ1v) is 9.85. The van der Waals surface area contributed by atoms with Gasteiger partial charge >= 0.3 is 0 Å². The van der Waals surface area contributed by atoms with Gasteiger partial charge in [0.05, 0.1) is 21.4 Å². The van der Waals surface area contributed by atoms with E-state index in [4.69, 9.17) is 28.9 Å². The second kappa shape index (κ2) is 8.57. The van der Waals surface area contributed by atoms with Crippen LogP contribution in [-0.4, -0.2) is 20.7 Å². The maximum atomic E-state index is 12.4. The van der Waals surface area contributed by atoms with Crippen molar-refractivity contribution in [2.45, 2.75) is 6.54 Å². The fourth-order valence-electron chi connectivity index (χ4n) is 2.94. The van der Waals surface area contributed by atoms with Crippen LogP contribution < -0.4 is 11.1 Å². The summed E-state index contributed by atoms with van der Waals surface area (Å²) in [5, 5.41) is 8.35. The van der Waals surface area contributed by atoms with Crippen LogP contribution in [0.3, 0.4) is 0 Å². The van der Waals surface area contributed by atoms with Crippen LogP contribution in [0.1, 0.15) is 15.9 Å². The molecular formula is C22H17Cl2N5O. The fourth-order valence-corrected chi connectivity index (χ4v) is 3.24. The van der Waals surface area contributed by atoms with Crippen molar-refractivity contribution in [2.75, 3.05) is 5.73 Å². The Balaban J connectivity index is 1.50. The van der Waals surface area contributed by atoms with Gasteiger partial charge in [-0.15, -0.1) is 0 Å². The molecule has 0 fully saturated rings. The molecule has 4 aromatic rings. The lowest BCUT2D eigenvalue weighted by molar-refractivity contribution is 0.0951. The Morgan fingerprint density at radius 1 is 1.03 bits per heavy atom. The highest BCUT2D eigenvalue weighted by Crippen LogP contribution is 2.29. The normalized spacial score (nSPS) is 10.7. The first kappa shape index (κ1) is 19.9. The van der Waals surface area contributed by atoms with Gasteiger partial charge in [-0.2, -0.15) is 5.10 Å². The minimum absolute atomic E-state index is 0.171. The zero-order valence-electron chi connectivity index (χ0n) is 15.7. The van der Waals surface area contributed by atoms with Gasteiger partial charge in [-0.3, -0.25) is 9.78 Å². The van der Waals surface area contributed by atoms with Crippen molar-refractivity contribution in [2.24, 2.45) is 0 Å². The first-order valence-electron chi connectivity index (χ1n) is 9.10. The molecule has 3 N–H and O–H groups in total. The van der Waals surface area contributed by atoms with E-state index >= 15 is 0 Å². The predicted octanol–water partition coefficient (Wildman–Crippen LogP) is 4.75. The Labute approximate surface area is 183 Å². The van der Waals surface area contributed by atoms with Crippen molar-refractivity contribution in [3.8, 4) is 16.9 Å². The zero-order valence-corrected chi connectivity index (χ0v) is 17.2. The number of rotatable bonds is 5. The van der Waals surface area contributed by atoms with Gasteiger partial charge in [0.15, 0.2) is 0 Å². The fraction of sp³-hybridized carbons (Fsp3) is 0.0455. The van der Waals surface area contributed by atoms with Crippen LogP contribution >= 0.6 is 23.2 Å². The Bertz CT molecular complexity index is 1190. The number of anilines is 1. The second-order valence-electron chi connectivity index (χ2n) is 6.59. The van der Waals surface area contributed by atoms with Crippen LogP contribution in [0.5, 0.6) is 0 Å². The number of pyridine rings is 1. The second-order valence-corrected chi connectivity index (χ2v) is 7.40. The molecule has 0 unspecified atom stereocenters. The molecular weight excluding hydrogens is 421 g/mol. The Kier molecular flexibility index (Phi) is 5.70. The van der Waals surface area contributed by atoms with Gasteiger partial charge in [0, 0.05) is 36.1 Å². The third-order valence-electron chi connectivity index (χ3n) is 4.50. The van der Waals surface area contributed by atoms with E-state index in [1.54, 1.807) is 59.5 Å². The number of nitrogens with two attached hydrogens (primary N) is 1. The number of hydrogen-bond donors (Lipinski definition) is 2. The van der Waals surface area contributed by atoms with E-state index in [0.717, 1.165) is 16.8 Å². The lowest BCUT2D eigenvalue weighted by Gasteiger charge is -2.07. The molecule has 0 saturated heterocycles. The Morgan fingerprint density at radius 3 is 2.53 bits per heavy atom. The quantitative estimate of drug-likeness (QED) is 0.471. The van der Waals surface area contributed by atoms with E-state index in [9.17, 15) is 4.79 Å². The maximum absolute atomic E-state index is 12.4. The molecule has 0 atom stereocenters. The average molecular weight is 438 g/mol. The molecule has 1 amide bonds. The van der Waals surface area contributed by atoms with Crippen molar-refractivity contribution in [3.05, 3.63) is 94.2 Å². The first-order chi connectivity index (χ1) is 14.5. The van der Waals surface area contributed by atoms with Gasteiger partial charge in [0.2, 0.25) is 0 Å². The van der Waals surface area contributed by atoms with Gasteiger partial charge in [0.1, 0.15) is 5.82 Å². The highest BCUT2D eigenvalue weighted by Gasteiger charge is 2.12. The molecule has 30 heavy (non-hydrogen) atoms. The SMILES string of the molecule is Nc1cc(-c2ccc(Cl)c(Cl)c2)nn1-c1ccc(C(=O)NCc2cccnc2)cc1. The Hall–Kier alpha value is -3.35. The number of aromatic nitrogens is 3. The third-order valence-corrected chi connectivity index (χ3v) is 5.24. The summed E-state index contributed by atoms with van der Waals surface area (Å²) in [6, 6.07) is 17.8. The van der Waals surface area contributed by atoms with Crippen LogP contribution in [0.2, 0.25) is 10.0 Å². The highest BCUT2D eigenvalue weighted by molar-refractivity contribution is 6.42. The van der Waals surface area contributed by atoms with Gasteiger partial charge in [0.25, 0.3) is 5.91 Å². The highest BCUT2D eigenvalue weighted by atomic mass is 35.5. The van der Waals surface area contributed by atoms with Gasteiger partial charge in [-0.05, 0) is 48.0 Å². The minimum Gasteiger partial charge on any atom is -0.384 e. The van der Waals surface area contributed by atoms with E-state index < -0.39 is 0 Å². The monoisotopic (exact) mass is 437 g/mol. The van der Waals surface area contributed by atoms with Crippen LogP contribution in [0.4, 0.5) is 5.82 Å². The summed E-state index contributed by atoms with van der Waals surface area (Å²) in [6.07, 6.45) is 3.41. The maximum Gasteiger partial charge on any atom is 0.251 e. The molecule has 0 aliphatic carbocycles. The number of nitrogens with one attached hydrogen (secondary N) is 1. The van der Waals surface area contributed by atoms with Crippen molar-refractivity contribution in [1.29, 1.82) is 0 Å². The zero-order chi connectivity index (χ0) is 21.1. The summed E-state index contributed by atoms with van der Waals surface area (Å²) in [6.45, 7) is 0.410. The van der Waals surface area contributed by atoms with Gasteiger partial charge in [-0.25, -0.2) is 4.68 Å². The molecule has 2 aromatic carbocycles. The van der Waals surface area contributed by atoms with Crippen molar-refractivity contribution >= 4 is 34.9 Å². The molecule has 0 spiro atoms. The number of hydrogen-bond acceptors (Lipinski definition) is 4. The Morgan fingerprint density at radius 2 is 1.83 bits per heavy atom. The van der Waals surface area contributed by atoms with E-state index in [2.05, 4.69) is 15.4 Å². The molecule has 2 aromatic heterocycles. The number of benzene rings is 2. The molecule has 8 heteroatoms. The summed E-state index contributed by atoms with van der Waals surface area (Å²) >= 11 is 12.1. The largest absolute Gasteiger partial charge is 0.384 e. The third kappa shape index (κ3) is 4.30. The molecule has 0 saturated carbocycles. The number of nitrogens with zero attached hydrogens (tertiary/aromatic N) is 3.